The molecular formula is C16H22O2. The Hall–Kier alpha value is -0.860. The molecule has 0 aromatic heterocycles. The maximum Gasteiger partial charge on any atom is 0.0814 e. The van der Waals surface area contributed by atoms with Crippen LogP contribution in [0.2, 0.25) is 0 Å². The topological polar surface area (TPSA) is 29.5 Å². The molecule has 0 saturated carbocycles. The Morgan fingerprint density at radius 3 is 2.78 bits per heavy atom. The number of ether oxygens (including phenoxy) is 1. The Morgan fingerprint density at radius 2 is 2.00 bits per heavy atom. The molecule has 18 heavy (non-hydrogen) atoms. The van der Waals surface area contributed by atoms with Crippen molar-refractivity contribution < 1.29 is 9.84 Å². The molecule has 0 amide bonds. The van der Waals surface area contributed by atoms with Crippen LogP contribution >= 0.6 is 0 Å². The lowest BCUT2D eigenvalue weighted by atomic mass is 9.89. The SMILES string of the molecule is OC(CC1CCCO1)c1ccc2c(c1)CCCC2. The molecule has 0 bridgehead atoms. The fourth-order valence-corrected chi connectivity index (χ4v) is 3.18. The summed E-state index contributed by atoms with van der Waals surface area (Å²) < 4.78 is 5.60. The molecule has 2 nitrogen and oxygen atoms in total. The zero-order chi connectivity index (χ0) is 12.4. The van der Waals surface area contributed by atoms with Gasteiger partial charge in [-0.3, -0.25) is 0 Å². The zero-order valence-electron chi connectivity index (χ0n) is 10.9. The van der Waals surface area contributed by atoms with Gasteiger partial charge in [-0.25, -0.2) is 0 Å². The molecule has 98 valence electrons. The highest BCUT2D eigenvalue weighted by Gasteiger charge is 2.21. The molecule has 3 rings (SSSR count). The van der Waals surface area contributed by atoms with Gasteiger partial charge in [0.15, 0.2) is 0 Å². The minimum atomic E-state index is -0.361. The molecule has 1 saturated heterocycles. The van der Waals surface area contributed by atoms with Crippen LogP contribution in [0.5, 0.6) is 0 Å². The van der Waals surface area contributed by atoms with E-state index in [0.717, 1.165) is 31.4 Å². The molecule has 2 heteroatoms. The van der Waals surface area contributed by atoms with Gasteiger partial charge in [0.1, 0.15) is 0 Å². The van der Waals surface area contributed by atoms with Crippen molar-refractivity contribution in [3.8, 4) is 0 Å². The summed E-state index contributed by atoms with van der Waals surface area (Å²) in [5.41, 5.74) is 4.01. The van der Waals surface area contributed by atoms with Crippen LogP contribution in [-0.4, -0.2) is 17.8 Å². The second kappa shape index (κ2) is 5.41. The Kier molecular flexibility index (Phi) is 3.67. The number of aliphatic hydroxyl groups excluding tert-OH is 1. The van der Waals surface area contributed by atoms with Gasteiger partial charge < -0.3 is 9.84 Å². The number of aliphatic hydroxyl groups is 1. The fourth-order valence-electron chi connectivity index (χ4n) is 3.18. The van der Waals surface area contributed by atoms with Gasteiger partial charge in [-0.15, -0.1) is 0 Å². The molecular weight excluding hydrogens is 224 g/mol. The van der Waals surface area contributed by atoms with E-state index in [9.17, 15) is 5.11 Å². The highest BCUT2D eigenvalue weighted by molar-refractivity contribution is 5.34. The first-order chi connectivity index (χ1) is 8.83. The van der Waals surface area contributed by atoms with Crippen molar-refractivity contribution in [2.75, 3.05) is 6.61 Å². The number of hydrogen-bond donors (Lipinski definition) is 1. The zero-order valence-corrected chi connectivity index (χ0v) is 10.9. The summed E-state index contributed by atoms with van der Waals surface area (Å²) >= 11 is 0. The van der Waals surface area contributed by atoms with Crippen molar-refractivity contribution in [3.63, 3.8) is 0 Å². The summed E-state index contributed by atoms with van der Waals surface area (Å²) in [4.78, 5) is 0. The van der Waals surface area contributed by atoms with Crippen molar-refractivity contribution in [1.82, 2.24) is 0 Å². The molecule has 1 N–H and O–H groups in total. The molecule has 1 aliphatic heterocycles. The van der Waals surface area contributed by atoms with Crippen molar-refractivity contribution in [2.45, 2.75) is 57.2 Å². The van der Waals surface area contributed by atoms with E-state index in [1.807, 2.05) is 0 Å². The van der Waals surface area contributed by atoms with Gasteiger partial charge in [-0.1, -0.05) is 18.2 Å². The number of fused-ring (bicyclic) bond motifs is 1. The average molecular weight is 246 g/mol. The number of benzene rings is 1. The van der Waals surface area contributed by atoms with Gasteiger partial charge in [0.05, 0.1) is 12.2 Å². The first-order valence-corrected chi connectivity index (χ1v) is 7.24. The molecule has 0 spiro atoms. The van der Waals surface area contributed by atoms with E-state index >= 15 is 0 Å². The Labute approximate surface area is 109 Å². The summed E-state index contributed by atoms with van der Waals surface area (Å²) in [6.45, 7) is 0.863. The predicted octanol–water partition coefficient (Wildman–Crippen LogP) is 3.17. The molecule has 1 fully saturated rings. The molecule has 0 radical (unpaired) electrons. The van der Waals surface area contributed by atoms with Gasteiger partial charge >= 0.3 is 0 Å². The van der Waals surface area contributed by atoms with Crippen LogP contribution in [0.3, 0.4) is 0 Å². The van der Waals surface area contributed by atoms with E-state index in [1.165, 1.54) is 36.8 Å². The molecule has 1 heterocycles. The van der Waals surface area contributed by atoms with E-state index in [-0.39, 0.29) is 12.2 Å². The maximum absolute atomic E-state index is 10.3. The summed E-state index contributed by atoms with van der Waals surface area (Å²) in [5, 5.41) is 10.3. The Bertz CT molecular complexity index is 408. The van der Waals surface area contributed by atoms with Crippen LogP contribution in [0.15, 0.2) is 18.2 Å². The third-order valence-electron chi connectivity index (χ3n) is 4.27. The minimum Gasteiger partial charge on any atom is -0.388 e. The van der Waals surface area contributed by atoms with Gasteiger partial charge in [0.25, 0.3) is 0 Å². The number of rotatable bonds is 3. The van der Waals surface area contributed by atoms with Gasteiger partial charge in [-0.05, 0) is 55.2 Å². The molecule has 2 atom stereocenters. The first kappa shape index (κ1) is 12.2. The largest absolute Gasteiger partial charge is 0.388 e. The van der Waals surface area contributed by atoms with Crippen molar-refractivity contribution in [2.24, 2.45) is 0 Å². The normalized spacial score (nSPS) is 24.8. The molecule has 1 aromatic rings. The van der Waals surface area contributed by atoms with Crippen molar-refractivity contribution >= 4 is 0 Å². The van der Waals surface area contributed by atoms with E-state index in [0.29, 0.717) is 0 Å². The van der Waals surface area contributed by atoms with E-state index in [1.54, 1.807) is 0 Å². The lowest BCUT2D eigenvalue weighted by molar-refractivity contribution is 0.0534. The molecule has 1 aromatic carbocycles. The summed E-state index contributed by atoms with van der Waals surface area (Å²) in [6, 6.07) is 6.53. The van der Waals surface area contributed by atoms with Gasteiger partial charge in [-0.2, -0.15) is 0 Å². The maximum atomic E-state index is 10.3. The molecule has 2 unspecified atom stereocenters. The van der Waals surface area contributed by atoms with Gasteiger partial charge in [0, 0.05) is 13.0 Å². The van der Waals surface area contributed by atoms with E-state index in [2.05, 4.69) is 18.2 Å². The monoisotopic (exact) mass is 246 g/mol. The summed E-state index contributed by atoms with van der Waals surface area (Å²) in [6.07, 6.45) is 7.87. The van der Waals surface area contributed by atoms with Gasteiger partial charge in [0.2, 0.25) is 0 Å². The lowest BCUT2D eigenvalue weighted by Gasteiger charge is -2.20. The van der Waals surface area contributed by atoms with E-state index < -0.39 is 0 Å². The average Bonchev–Trinajstić information content (AvgIpc) is 2.91. The van der Waals surface area contributed by atoms with Crippen molar-refractivity contribution in [1.29, 1.82) is 0 Å². The third kappa shape index (κ3) is 2.60. The summed E-state index contributed by atoms with van der Waals surface area (Å²) in [5.74, 6) is 0. The Morgan fingerprint density at radius 1 is 1.17 bits per heavy atom. The lowest BCUT2D eigenvalue weighted by Crippen LogP contribution is -2.12. The second-order valence-corrected chi connectivity index (χ2v) is 5.62. The van der Waals surface area contributed by atoms with Crippen LogP contribution in [0.4, 0.5) is 0 Å². The highest BCUT2D eigenvalue weighted by Crippen LogP contribution is 2.28. The minimum absolute atomic E-state index is 0.260. The Balaban J connectivity index is 1.70. The fraction of sp³-hybridized carbons (Fsp3) is 0.625. The third-order valence-corrected chi connectivity index (χ3v) is 4.27. The molecule has 2 aliphatic rings. The first-order valence-electron chi connectivity index (χ1n) is 7.24. The second-order valence-electron chi connectivity index (χ2n) is 5.62. The smallest absolute Gasteiger partial charge is 0.0814 e. The highest BCUT2D eigenvalue weighted by atomic mass is 16.5. The van der Waals surface area contributed by atoms with Crippen LogP contribution in [0.25, 0.3) is 0 Å². The van der Waals surface area contributed by atoms with Crippen LogP contribution in [0, 0.1) is 0 Å². The van der Waals surface area contributed by atoms with Crippen LogP contribution in [-0.2, 0) is 17.6 Å². The number of hydrogen-bond acceptors (Lipinski definition) is 2. The van der Waals surface area contributed by atoms with Crippen molar-refractivity contribution in [3.05, 3.63) is 34.9 Å². The molecule has 1 aliphatic carbocycles. The summed E-state index contributed by atoms with van der Waals surface area (Å²) in [7, 11) is 0. The predicted molar refractivity (Wildman–Crippen MR) is 71.6 cm³/mol. The quantitative estimate of drug-likeness (QED) is 0.887. The number of aryl methyl sites for hydroxylation is 2. The standard InChI is InChI=1S/C16H22O2/c17-16(11-15-6-3-9-18-15)14-8-7-12-4-1-2-5-13(12)10-14/h7-8,10,15-17H,1-6,9,11H2. The van der Waals surface area contributed by atoms with Crippen LogP contribution < -0.4 is 0 Å². The van der Waals surface area contributed by atoms with Crippen LogP contribution in [0.1, 0.15) is 54.9 Å². The van der Waals surface area contributed by atoms with E-state index in [4.69, 9.17) is 4.74 Å².